The van der Waals surface area contributed by atoms with Gasteiger partial charge in [0.1, 0.15) is 17.6 Å². The zero-order chi connectivity index (χ0) is 18.2. The molecule has 132 valence electrons. The Morgan fingerprint density at radius 2 is 2.24 bits per heavy atom. The molecule has 3 rings (SSSR count). The summed E-state index contributed by atoms with van der Waals surface area (Å²) in [6, 6.07) is 6.23. The molecule has 2 aromatic heterocycles. The van der Waals surface area contributed by atoms with Gasteiger partial charge in [-0.2, -0.15) is 5.26 Å². The highest BCUT2D eigenvalue weighted by Crippen LogP contribution is 2.43. The van der Waals surface area contributed by atoms with Crippen molar-refractivity contribution < 1.29 is 4.79 Å². The normalized spacial score (nSPS) is 17.0. The van der Waals surface area contributed by atoms with Crippen LogP contribution in [0.3, 0.4) is 0 Å². The molecule has 5 heteroatoms. The van der Waals surface area contributed by atoms with Gasteiger partial charge in [0.2, 0.25) is 5.91 Å². The van der Waals surface area contributed by atoms with E-state index in [1.54, 1.807) is 11.3 Å². The van der Waals surface area contributed by atoms with Crippen molar-refractivity contribution in [3.63, 3.8) is 0 Å². The largest absolute Gasteiger partial charge is 0.342 e. The lowest BCUT2D eigenvalue weighted by Crippen LogP contribution is -2.26. The first-order valence-electron chi connectivity index (χ1n) is 8.76. The van der Waals surface area contributed by atoms with Crippen LogP contribution in [0, 0.1) is 29.6 Å². The van der Waals surface area contributed by atoms with E-state index in [4.69, 9.17) is 0 Å². The third-order valence-electron chi connectivity index (χ3n) is 5.23. The topological polar surface area (TPSA) is 57.8 Å². The lowest BCUT2D eigenvalue weighted by Gasteiger charge is -2.33. The van der Waals surface area contributed by atoms with Crippen LogP contribution in [0.5, 0.6) is 0 Å². The number of thiophene rings is 1. The molecule has 4 nitrogen and oxygen atoms in total. The van der Waals surface area contributed by atoms with Gasteiger partial charge < -0.3 is 9.88 Å². The molecule has 0 fully saturated rings. The Labute approximate surface area is 153 Å². The van der Waals surface area contributed by atoms with Crippen molar-refractivity contribution in [2.75, 3.05) is 5.32 Å². The predicted octanol–water partition coefficient (Wildman–Crippen LogP) is 4.52. The molecule has 0 radical (unpaired) electrons. The van der Waals surface area contributed by atoms with Gasteiger partial charge in [-0.05, 0) is 55.2 Å². The summed E-state index contributed by atoms with van der Waals surface area (Å²) in [5.41, 5.74) is 3.14. The maximum Gasteiger partial charge on any atom is 0.244 e. The molecule has 1 unspecified atom stereocenters. The number of nitrogens with one attached hydrogen (secondary N) is 1. The quantitative estimate of drug-likeness (QED) is 0.880. The number of fused-ring (bicyclic) bond motifs is 1. The molecule has 2 heterocycles. The summed E-state index contributed by atoms with van der Waals surface area (Å²) in [5.74, 6) is 0.540. The number of nitriles is 1. The van der Waals surface area contributed by atoms with Crippen LogP contribution in [-0.4, -0.2) is 10.5 Å². The van der Waals surface area contributed by atoms with Gasteiger partial charge in [-0.15, -0.1) is 11.3 Å². The molecule has 1 aliphatic carbocycles. The number of rotatable bonds is 3. The first kappa shape index (κ1) is 17.8. The van der Waals surface area contributed by atoms with Gasteiger partial charge in [-0.3, -0.25) is 4.79 Å². The molecule has 1 aliphatic rings. The SMILES string of the molecule is Cc1cccn1CC(=O)Nc1sc2c(c1C#N)CCC(C(C)(C)C)C2. The average Bonchev–Trinajstić information content (AvgIpc) is 3.08. The summed E-state index contributed by atoms with van der Waals surface area (Å²) in [6.07, 6.45) is 4.94. The maximum atomic E-state index is 12.4. The van der Waals surface area contributed by atoms with Crippen LogP contribution in [0.4, 0.5) is 5.00 Å². The number of amides is 1. The lowest BCUT2D eigenvalue weighted by molar-refractivity contribution is -0.116. The molecule has 0 aromatic carbocycles. The minimum atomic E-state index is -0.0817. The highest BCUT2D eigenvalue weighted by atomic mass is 32.1. The standard InChI is InChI=1S/C20H25N3OS/c1-13-6-5-9-23(13)12-18(24)22-19-16(11-21)15-8-7-14(20(2,3)4)10-17(15)25-19/h5-6,9,14H,7-8,10,12H2,1-4H3,(H,22,24). The first-order chi connectivity index (χ1) is 11.8. The van der Waals surface area contributed by atoms with Gasteiger partial charge in [0.05, 0.1) is 5.56 Å². The van der Waals surface area contributed by atoms with Gasteiger partial charge in [-0.25, -0.2) is 0 Å². The highest BCUT2D eigenvalue weighted by Gasteiger charge is 2.32. The van der Waals surface area contributed by atoms with Crippen molar-refractivity contribution in [1.82, 2.24) is 4.57 Å². The van der Waals surface area contributed by atoms with E-state index < -0.39 is 0 Å². The molecule has 0 saturated heterocycles. The number of nitrogens with zero attached hydrogens (tertiary/aromatic N) is 2. The summed E-state index contributed by atoms with van der Waals surface area (Å²) in [5, 5.41) is 13.3. The van der Waals surface area contributed by atoms with Crippen molar-refractivity contribution >= 4 is 22.2 Å². The van der Waals surface area contributed by atoms with E-state index in [-0.39, 0.29) is 17.9 Å². The van der Waals surface area contributed by atoms with E-state index in [1.807, 2.05) is 29.8 Å². The molecule has 1 amide bonds. The number of aromatic nitrogens is 1. The minimum absolute atomic E-state index is 0.0817. The second-order valence-electron chi connectivity index (χ2n) is 7.95. The van der Waals surface area contributed by atoms with E-state index in [1.165, 1.54) is 4.88 Å². The van der Waals surface area contributed by atoms with Crippen molar-refractivity contribution in [2.45, 2.75) is 53.5 Å². The van der Waals surface area contributed by atoms with Crippen LogP contribution in [0.25, 0.3) is 0 Å². The zero-order valence-corrected chi connectivity index (χ0v) is 16.2. The van der Waals surface area contributed by atoms with E-state index in [0.29, 0.717) is 11.5 Å². The fourth-order valence-corrected chi connectivity index (χ4v) is 4.82. The lowest BCUT2D eigenvalue weighted by atomic mass is 9.72. The Hall–Kier alpha value is -2.06. The zero-order valence-electron chi connectivity index (χ0n) is 15.3. The summed E-state index contributed by atoms with van der Waals surface area (Å²) < 4.78 is 1.91. The summed E-state index contributed by atoms with van der Waals surface area (Å²) in [4.78, 5) is 13.7. The number of anilines is 1. The molecular weight excluding hydrogens is 330 g/mol. The van der Waals surface area contributed by atoms with Gasteiger partial charge >= 0.3 is 0 Å². The Bertz CT molecular complexity index is 832. The van der Waals surface area contributed by atoms with Crippen molar-refractivity contribution in [1.29, 1.82) is 5.26 Å². The Morgan fingerprint density at radius 1 is 1.48 bits per heavy atom. The molecule has 0 saturated carbocycles. The monoisotopic (exact) mass is 355 g/mol. The van der Waals surface area contributed by atoms with E-state index in [9.17, 15) is 10.1 Å². The number of hydrogen-bond donors (Lipinski definition) is 1. The van der Waals surface area contributed by atoms with Gasteiger partial charge in [0.25, 0.3) is 0 Å². The van der Waals surface area contributed by atoms with E-state index in [0.717, 1.165) is 35.5 Å². The highest BCUT2D eigenvalue weighted by molar-refractivity contribution is 7.16. The molecule has 0 spiro atoms. The third kappa shape index (κ3) is 3.64. The molecule has 0 aliphatic heterocycles. The average molecular weight is 356 g/mol. The molecule has 1 N–H and O–H groups in total. The molecular formula is C20H25N3OS. The van der Waals surface area contributed by atoms with Gasteiger partial charge in [-0.1, -0.05) is 20.8 Å². The smallest absolute Gasteiger partial charge is 0.244 e. The third-order valence-corrected chi connectivity index (χ3v) is 6.39. The molecule has 1 atom stereocenters. The van der Waals surface area contributed by atoms with Gasteiger partial charge in [0, 0.05) is 16.8 Å². The fraction of sp³-hybridized carbons (Fsp3) is 0.500. The van der Waals surface area contributed by atoms with E-state index >= 15 is 0 Å². The van der Waals surface area contributed by atoms with Crippen LogP contribution in [0.15, 0.2) is 18.3 Å². The van der Waals surface area contributed by atoms with Crippen molar-refractivity contribution in [3.8, 4) is 6.07 Å². The van der Waals surface area contributed by atoms with Crippen LogP contribution in [-0.2, 0) is 24.2 Å². The number of carbonyl (C=O) groups is 1. The summed E-state index contributed by atoms with van der Waals surface area (Å²) >= 11 is 1.59. The maximum absolute atomic E-state index is 12.4. The minimum Gasteiger partial charge on any atom is -0.342 e. The molecule has 2 aromatic rings. The van der Waals surface area contributed by atoms with Crippen LogP contribution in [0.2, 0.25) is 0 Å². The Morgan fingerprint density at radius 3 is 2.84 bits per heavy atom. The fourth-order valence-electron chi connectivity index (χ4n) is 3.53. The second-order valence-corrected chi connectivity index (χ2v) is 9.06. The summed E-state index contributed by atoms with van der Waals surface area (Å²) in [7, 11) is 0. The first-order valence-corrected chi connectivity index (χ1v) is 9.57. The van der Waals surface area contributed by atoms with Crippen LogP contribution < -0.4 is 5.32 Å². The van der Waals surface area contributed by atoms with Crippen molar-refractivity contribution in [3.05, 3.63) is 40.0 Å². The Kier molecular flexibility index (Phi) is 4.75. The Balaban J connectivity index is 1.79. The number of aryl methyl sites for hydroxylation is 1. The number of carbonyl (C=O) groups excluding carboxylic acids is 1. The van der Waals surface area contributed by atoms with Crippen LogP contribution >= 0.6 is 11.3 Å². The molecule has 25 heavy (non-hydrogen) atoms. The van der Waals surface area contributed by atoms with Crippen LogP contribution in [0.1, 0.15) is 48.9 Å². The van der Waals surface area contributed by atoms with Gasteiger partial charge in [0.15, 0.2) is 0 Å². The molecule has 0 bridgehead atoms. The summed E-state index contributed by atoms with van der Waals surface area (Å²) in [6.45, 7) is 9.10. The second kappa shape index (κ2) is 6.68. The van der Waals surface area contributed by atoms with E-state index in [2.05, 4.69) is 32.2 Å². The van der Waals surface area contributed by atoms with Crippen molar-refractivity contribution in [2.24, 2.45) is 11.3 Å². The predicted molar refractivity (Wildman–Crippen MR) is 102 cm³/mol. The number of hydrogen-bond acceptors (Lipinski definition) is 3.